The predicted octanol–water partition coefficient (Wildman–Crippen LogP) is 2.56. The van der Waals surface area contributed by atoms with Crippen molar-refractivity contribution in [2.75, 3.05) is 0 Å². The molecule has 1 rings (SSSR count). The highest BCUT2D eigenvalue weighted by Crippen LogP contribution is 2.26. The lowest BCUT2D eigenvalue weighted by atomic mass is 9.90. The Balaban J connectivity index is 2.41. The average Bonchev–Trinajstić information content (AvgIpc) is 2.11. The van der Waals surface area contributed by atoms with Crippen LogP contribution < -0.4 is 0 Å². The van der Waals surface area contributed by atoms with E-state index in [-0.39, 0.29) is 6.10 Å². The summed E-state index contributed by atoms with van der Waals surface area (Å²) in [6, 6.07) is 0. The van der Waals surface area contributed by atoms with Gasteiger partial charge in [0.05, 0.1) is 12.2 Å². The normalized spacial score (nSPS) is 34.5. The first kappa shape index (κ1) is 10.7. The second-order valence-corrected chi connectivity index (χ2v) is 4.14. The maximum absolute atomic E-state index is 11.3. The molecule has 0 bridgehead atoms. The average molecular weight is 184 g/mol. The summed E-state index contributed by atoms with van der Waals surface area (Å²) in [7, 11) is 0. The molecule has 1 saturated heterocycles. The highest BCUT2D eigenvalue weighted by Gasteiger charge is 2.27. The summed E-state index contributed by atoms with van der Waals surface area (Å²) < 4.78 is 5.75. The van der Waals surface area contributed by atoms with Crippen LogP contribution in [0.3, 0.4) is 0 Å². The van der Waals surface area contributed by atoms with Crippen LogP contribution in [0.5, 0.6) is 0 Å². The summed E-state index contributed by atoms with van der Waals surface area (Å²) in [5.41, 5.74) is 0. The zero-order chi connectivity index (χ0) is 9.84. The Bertz CT molecular complexity index is 177. The van der Waals surface area contributed by atoms with Gasteiger partial charge in [-0.25, -0.2) is 0 Å². The van der Waals surface area contributed by atoms with Crippen LogP contribution in [0.15, 0.2) is 0 Å². The van der Waals surface area contributed by atoms with Gasteiger partial charge in [-0.3, -0.25) is 4.79 Å². The molecule has 0 aliphatic carbocycles. The third kappa shape index (κ3) is 3.11. The van der Waals surface area contributed by atoms with Crippen molar-refractivity contribution >= 4 is 5.78 Å². The third-order valence-corrected chi connectivity index (χ3v) is 2.89. The molecule has 1 aliphatic rings. The maximum Gasteiger partial charge on any atom is 0.135 e. The van der Waals surface area contributed by atoms with Gasteiger partial charge in [0.25, 0.3) is 0 Å². The lowest BCUT2D eigenvalue weighted by Crippen LogP contribution is -2.33. The fourth-order valence-electron chi connectivity index (χ4n) is 1.80. The van der Waals surface area contributed by atoms with Crippen LogP contribution in [0.1, 0.15) is 46.5 Å². The van der Waals surface area contributed by atoms with E-state index >= 15 is 0 Å². The molecule has 1 heterocycles. The Morgan fingerprint density at radius 3 is 2.69 bits per heavy atom. The lowest BCUT2D eigenvalue weighted by Gasteiger charge is -2.32. The van der Waals surface area contributed by atoms with Crippen LogP contribution in [-0.2, 0) is 9.53 Å². The zero-order valence-corrected chi connectivity index (χ0v) is 8.88. The van der Waals surface area contributed by atoms with Gasteiger partial charge in [0, 0.05) is 12.8 Å². The molecule has 2 nitrogen and oxygen atoms in total. The molecule has 76 valence electrons. The van der Waals surface area contributed by atoms with E-state index in [0.717, 1.165) is 6.42 Å². The molecule has 0 radical (unpaired) electrons. The minimum atomic E-state index is 0.177. The highest BCUT2D eigenvalue weighted by atomic mass is 16.5. The van der Waals surface area contributed by atoms with Crippen LogP contribution >= 0.6 is 0 Å². The van der Waals surface area contributed by atoms with E-state index in [4.69, 9.17) is 4.74 Å². The minimum Gasteiger partial charge on any atom is -0.375 e. The van der Waals surface area contributed by atoms with Crippen LogP contribution in [0.2, 0.25) is 0 Å². The molecule has 0 aromatic rings. The zero-order valence-electron chi connectivity index (χ0n) is 8.88. The standard InChI is InChI=1S/C11H20O2/c1-4-10(12)7-11-8(2)5-6-9(3)13-11/h8-9,11H,4-7H2,1-3H3/t8-,9-,11+/m0/s1. The van der Waals surface area contributed by atoms with Gasteiger partial charge >= 0.3 is 0 Å². The van der Waals surface area contributed by atoms with Crippen LogP contribution in [0.25, 0.3) is 0 Å². The summed E-state index contributed by atoms with van der Waals surface area (Å²) in [5.74, 6) is 0.873. The van der Waals surface area contributed by atoms with Gasteiger partial charge in [0.1, 0.15) is 5.78 Å². The van der Waals surface area contributed by atoms with Crippen molar-refractivity contribution in [1.29, 1.82) is 0 Å². The van der Waals surface area contributed by atoms with E-state index < -0.39 is 0 Å². The van der Waals surface area contributed by atoms with Crippen molar-refractivity contribution in [1.82, 2.24) is 0 Å². The molecule has 0 aromatic carbocycles. The number of ether oxygens (including phenoxy) is 1. The van der Waals surface area contributed by atoms with E-state index in [9.17, 15) is 4.79 Å². The van der Waals surface area contributed by atoms with Crippen LogP contribution in [0.4, 0.5) is 0 Å². The molecule has 0 unspecified atom stereocenters. The molecule has 1 aliphatic heterocycles. The van der Waals surface area contributed by atoms with E-state index in [1.807, 2.05) is 6.92 Å². The first-order valence-corrected chi connectivity index (χ1v) is 5.30. The van der Waals surface area contributed by atoms with Crippen LogP contribution in [-0.4, -0.2) is 18.0 Å². The number of hydrogen-bond acceptors (Lipinski definition) is 2. The van der Waals surface area contributed by atoms with Crippen LogP contribution in [0, 0.1) is 5.92 Å². The van der Waals surface area contributed by atoms with Crippen molar-refractivity contribution in [2.45, 2.75) is 58.7 Å². The molecular weight excluding hydrogens is 164 g/mol. The molecule has 0 N–H and O–H groups in total. The molecule has 0 amide bonds. The van der Waals surface area contributed by atoms with Crippen molar-refractivity contribution in [3.63, 3.8) is 0 Å². The summed E-state index contributed by atoms with van der Waals surface area (Å²) in [6.07, 6.45) is 4.10. The Morgan fingerprint density at radius 2 is 2.08 bits per heavy atom. The van der Waals surface area contributed by atoms with Crippen molar-refractivity contribution in [3.05, 3.63) is 0 Å². The number of rotatable bonds is 3. The first-order valence-electron chi connectivity index (χ1n) is 5.30. The molecule has 3 atom stereocenters. The molecular formula is C11H20O2. The Labute approximate surface area is 80.7 Å². The second kappa shape index (κ2) is 4.75. The minimum absolute atomic E-state index is 0.177. The molecule has 0 aromatic heterocycles. The van der Waals surface area contributed by atoms with E-state index in [2.05, 4.69) is 13.8 Å². The summed E-state index contributed by atoms with van der Waals surface area (Å²) in [6.45, 7) is 6.19. The lowest BCUT2D eigenvalue weighted by molar-refractivity contribution is -0.127. The van der Waals surface area contributed by atoms with Gasteiger partial charge in [-0.1, -0.05) is 13.8 Å². The highest BCUT2D eigenvalue weighted by molar-refractivity contribution is 5.78. The van der Waals surface area contributed by atoms with Gasteiger partial charge in [-0.05, 0) is 25.7 Å². The fourth-order valence-corrected chi connectivity index (χ4v) is 1.80. The second-order valence-electron chi connectivity index (χ2n) is 4.14. The number of hydrogen-bond donors (Lipinski definition) is 0. The van der Waals surface area contributed by atoms with E-state index in [0.29, 0.717) is 30.6 Å². The number of Topliss-reactive ketones (excluding diaryl/α,β-unsaturated/α-hetero) is 1. The maximum atomic E-state index is 11.3. The topological polar surface area (TPSA) is 26.3 Å². The van der Waals surface area contributed by atoms with Crippen molar-refractivity contribution < 1.29 is 9.53 Å². The SMILES string of the molecule is CCC(=O)C[C@H]1O[C@@H](C)CC[C@@H]1C. The van der Waals surface area contributed by atoms with Crippen molar-refractivity contribution in [2.24, 2.45) is 5.92 Å². The van der Waals surface area contributed by atoms with Gasteiger partial charge in [-0.2, -0.15) is 0 Å². The fraction of sp³-hybridized carbons (Fsp3) is 0.909. The largest absolute Gasteiger partial charge is 0.375 e. The summed E-state index contributed by atoms with van der Waals surface area (Å²) in [5, 5.41) is 0. The van der Waals surface area contributed by atoms with Gasteiger partial charge < -0.3 is 4.74 Å². The monoisotopic (exact) mass is 184 g/mol. The van der Waals surface area contributed by atoms with Gasteiger partial charge in [-0.15, -0.1) is 0 Å². The Morgan fingerprint density at radius 1 is 1.38 bits per heavy atom. The molecule has 13 heavy (non-hydrogen) atoms. The molecule has 1 fully saturated rings. The molecule has 0 saturated carbocycles. The number of carbonyl (C=O) groups excluding carboxylic acids is 1. The van der Waals surface area contributed by atoms with Crippen molar-refractivity contribution in [3.8, 4) is 0 Å². The smallest absolute Gasteiger partial charge is 0.135 e. The Kier molecular flexibility index (Phi) is 3.91. The van der Waals surface area contributed by atoms with E-state index in [1.165, 1.54) is 6.42 Å². The van der Waals surface area contributed by atoms with Gasteiger partial charge in [0.2, 0.25) is 0 Å². The Hall–Kier alpha value is -0.370. The number of carbonyl (C=O) groups is 1. The summed E-state index contributed by atoms with van der Waals surface area (Å²) in [4.78, 5) is 11.3. The third-order valence-electron chi connectivity index (χ3n) is 2.89. The molecule has 2 heteroatoms. The van der Waals surface area contributed by atoms with Gasteiger partial charge in [0.15, 0.2) is 0 Å². The quantitative estimate of drug-likeness (QED) is 0.673. The first-order chi connectivity index (χ1) is 6.13. The van der Waals surface area contributed by atoms with E-state index in [1.54, 1.807) is 0 Å². The summed E-state index contributed by atoms with van der Waals surface area (Å²) >= 11 is 0. The molecule has 0 spiro atoms. The predicted molar refractivity (Wildman–Crippen MR) is 52.6 cm³/mol. The number of ketones is 1.